The summed E-state index contributed by atoms with van der Waals surface area (Å²) < 4.78 is 43.6. The highest BCUT2D eigenvalue weighted by Crippen LogP contribution is 2.52. The molecule has 2 aromatic carbocycles. The first-order chi connectivity index (χ1) is 21.0. The fraction of sp³-hybridized carbons (Fsp3) is 0.355. The highest BCUT2D eigenvalue weighted by atomic mass is 31.2. The van der Waals surface area contributed by atoms with E-state index in [0.717, 1.165) is 0 Å². The van der Waals surface area contributed by atoms with E-state index in [-0.39, 0.29) is 5.82 Å². The normalized spacial score (nSPS) is 20.3. The molecule has 1 fully saturated rings. The van der Waals surface area contributed by atoms with Gasteiger partial charge in [-0.25, -0.2) is 9.59 Å². The maximum absolute atomic E-state index is 13.5. The molecule has 0 unspecified atom stereocenters. The first-order valence-corrected chi connectivity index (χ1v) is 15.7. The Balaban J connectivity index is 1.65. The number of amides is 1. The molecule has 13 heteroatoms. The molecular formula is C31H36N3O9P. The van der Waals surface area contributed by atoms with Crippen molar-refractivity contribution < 1.29 is 37.4 Å². The van der Waals surface area contributed by atoms with Gasteiger partial charge in [0, 0.05) is 24.7 Å². The molecular weight excluding hydrogens is 589 g/mol. The highest BCUT2D eigenvalue weighted by molar-refractivity contribution is 7.57. The summed E-state index contributed by atoms with van der Waals surface area (Å²) >= 11 is 0. The number of aromatic nitrogens is 2. The van der Waals surface area contributed by atoms with Gasteiger partial charge in [0.2, 0.25) is 0 Å². The van der Waals surface area contributed by atoms with Gasteiger partial charge in [-0.1, -0.05) is 36.4 Å². The molecule has 1 amide bonds. The van der Waals surface area contributed by atoms with E-state index in [0.29, 0.717) is 11.1 Å². The first-order valence-electron chi connectivity index (χ1n) is 14.1. The molecule has 0 aliphatic carbocycles. The van der Waals surface area contributed by atoms with Crippen molar-refractivity contribution in [2.24, 2.45) is 0 Å². The summed E-state index contributed by atoms with van der Waals surface area (Å²) in [5, 5.41) is 2.60. The van der Waals surface area contributed by atoms with Gasteiger partial charge in [-0.05, 0) is 64.1 Å². The lowest BCUT2D eigenvalue weighted by atomic mass is 10.1. The van der Waals surface area contributed by atoms with Crippen LogP contribution in [0.15, 0.2) is 89.6 Å². The van der Waals surface area contributed by atoms with Crippen molar-refractivity contribution in [2.75, 3.05) is 12.4 Å². The van der Waals surface area contributed by atoms with Crippen LogP contribution >= 0.6 is 7.60 Å². The van der Waals surface area contributed by atoms with Crippen LogP contribution in [0.1, 0.15) is 54.6 Å². The van der Waals surface area contributed by atoms with Crippen molar-refractivity contribution in [1.29, 1.82) is 0 Å². The Morgan fingerprint density at radius 3 is 2.07 bits per heavy atom. The van der Waals surface area contributed by atoms with Crippen LogP contribution in [0.3, 0.4) is 0 Å². The number of nitrogens with zero attached hydrogens (tertiary/aromatic N) is 2. The summed E-state index contributed by atoms with van der Waals surface area (Å²) in [6.45, 7) is 6.90. The van der Waals surface area contributed by atoms with Crippen LogP contribution in [0.2, 0.25) is 0 Å². The fourth-order valence-corrected chi connectivity index (χ4v) is 6.27. The van der Waals surface area contributed by atoms with Gasteiger partial charge in [-0.15, -0.1) is 0 Å². The van der Waals surface area contributed by atoms with Crippen molar-refractivity contribution in [2.45, 2.75) is 64.4 Å². The average Bonchev–Trinajstić information content (AvgIpc) is 3.32. The minimum Gasteiger partial charge on any atom is -0.453 e. The number of methoxy groups -OCH3 is 1. The van der Waals surface area contributed by atoms with E-state index in [4.69, 9.17) is 23.3 Å². The largest absolute Gasteiger partial charge is 0.453 e. The van der Waals surface area contributed by atoms with Crippen LogP contribution in [-0.2, 0) is 27.8 Å². The molecule has 44 heavy (non-hydrogen) atoms. The Kier molecular flexibility index (Phi) is 11.0. The zero-order valence-corrected chi connectivity index (χ0v) is 26.0. The van der Waals surface area contributed by atoms with Crippen LogP contribution < -0.4 is 11.0 Å². The van der Waals surface area contributed by atoms with Crippen LogP contribution in [0.4, 0.5) is 5.82 Å². The molecule has 1 saturated heterocycles. The molecule has 1 aliphatic rings. The number of hydrogen-bond donors (Lipinski definition) is 1. The second kappa shape index (κ2) is 14.7. The first kappa shape index (κ1) is 33.0. The molecule has 12 nitrogen and oxygen atoms in total. The van der Waals surface area contributed by atoms with E-state index >= 15 is 0 Å². The topological polar surface area (TPSA) is 144 Å². The minimum atomic E-state index is -3.74. The summed E-state index contributed by atoms with van der Waals surface area (Å²) in [5.74, 6) is 0.217. The van der Waals surface area contributed by atoms with Crippen LogP contribution in [0.5, 0.6) is 0 Å². The molecule has 0 saturated carbocycles. The van der Waals surface area contributed by atoms with Gasteiger partial charge in [0.15, 0.2) is 12.3 Å². The van der Waals surface area contributed by atoms with E-state index in [1.54, 1.807) is 88.4 Å². The average molecular weight is 626 g/mol. The Morgan fingerprint density at radius 2 is 1.52 bits per heavy atom. The number of benzene rings is 2. The molecule has 1 N–H and O–H groups in total. The molecule has 0 radical (unpaired) electrons. The monoisotopic (exact) mass is 625 g/mol. The van der Waals surface area contributed by atoms with Crippen molar-refractivity contribution in [3.63, 3.8) is 0 Å². The van der Waals surface area contributed by atoms with Gasteiger partial charge >= 0.3 is 19.3 Å². The smallest absolute Gasteiger partial charge is 0.354 e. The maximum Gasteiger partial charge on any atom is 0.354 e. The summed E-state index contributed by atoms with van der Waals surface area (Å²) in [5.41, 5.74) is -0.0598. The molecule has 4 rings (SSSR count). The van der Waals surface area contributed by atoms with Gasteiger partial charge < -0.3 is 28.6 Å². The van der Waals surface area contributed by atoms with Crippen molar-refractivity contribution in [1.82, 2.24) is 9.55 Å². The van der Waals surface area contributed by atoms with Gasteiger partial charge in [0.1, 0.15) is 18.0 Å². The number of esters is 1. The van der Waals surface area contributed by atoms with E-state index in [1.165, 1.54) is 35.8 Å². The second-order valence-corrected chi connectivity index (χ2v) is 12.2. The lowest BCUT2D eigenvalue weighted by Crippen LogP contribution is -2.39. The third kappa shape index (κ3) is 8.37. The highest BCUT2D eigenvalue weighted by Gasteiger charge is 2.48. The summed E-state index contributed by atoms with van der Waals surface area (Å²) in [6, 6.07) is 18.3. The number of carbonyl (C=O) groups is 2. The van der Waals surface area contributed by atoms with Gasteiger partial charge in [-0.2, -0.15) is 4.98 Å². The fourth-order valence-electron chi connectivity index (χ4n) is 4.52. The zero-order valence-electron chi connectivity index (χ0n) is 25.1. The van der Waals surface area contributed by atoms with Crippen molar-refractivity contribution in [3.05, 3.63) is 106 Å². The Labute approximate surface area is 255 Å². The number of carbonyl (C=O) groups excluding carboxylic acids is 2. The predicted molar refractivity (Wildman–Crippen MR) is 162 cm³/mol. The zero-order chi connectivity index (χ0) is 31.9. The lowest BCUT2D eigenvalue weighted by molar-refractivity contribution is -0.0524. The lowest BCUT2D eigenvalue weighted by Gasteiger charge is -2.23. The van der Waals surface area contributed by atoms with Crippen molar-refractivity contribution >= 4 is 25.3 Å². The third-order valence-corrected chi connectivity index (χ3v) is 8.27. The van der Waals surface area contributed by atoms with Gasteiger partial charge in [0.05, 0.1) is 17.8 Å². The molecule has 1 aromatic heterocycles. The quantitative estimate of drug-likeness (QED) is 0.211. The van der Waals surface area contributed by atoms with Crippen LogP contribution in [0, 0.1) is 0 Å². The Morgan fingerprint density at radius 1 is 0.932 bits per heavy atom. The molecule has 234 valence electrons. The molecule has 0 spiro atoms. The van der Waals surface area contributed by atoms with E-state index in [9.17, 15) is 18.9 Å². The number of anilines is 1. The predicted octanol–water partition coefficient (Wildman–Crippen LogP) is 5.19. The second-order valence-electron chi connectivity index (χ2n) is 10.4. The summed E-state index contributed by atoms with van der Waals surface area (Å²) in [4.78, 5) is 42.8. The maximum atomic E-state index is 13.5. The molecule has 0 bridgehead atoms. The van der Waals surface area contributed by atoms with Gasteiger partial charge in [-0.3, -0.25) is 13.9 Å². The molecule has 1 aliphatic heterocycles. The van der Waals surface area contributed by atoms with Gasteiger partial charge in [0.25, 0.3) is 5.91 Å². The van der Waals surface area contributed by atoms with E-state index in [1.807, 2.05) is 0 Å². The Bertz CT molecular complexity index is 1550. The number of hydrogen-bond acceptors (Lipinski definition) is 10. The molecule has 2 heterocycles. The summed E-state index contributed by atoms with van der Waals surface area (Å²) in [7, 11) is -2.35. The SMILES string of the molecule is CO[C@@H]1[C@H](OC(=O)c2ccccc2)[C@@H](/C=C/P(=O)(OC(C)C)OC(C)C)O[C@H]1n1ccc(NC(=O)c2ccccc2)nc1=O. The minimum absolute atomic E-state index is 0.0353. The third-order valence-electron chi connectivity index (χ3n) is 6.31. The van der Waals surface area contributed by atoms with Crippen LogP contribution in [0.25, 0.3) is 0 Å². The molecule has 3 aromatic rings. The number of ether oxygens (including phenoxy) is 3. The Hall–Kier alpha value is -3.93. The van der Waals surface area contributed by atoms with E-state index in [2.05, 4.69) is 10.3 Å². The molecule has 4 atom stereocenters. The van der Waals surface area contributed by atoms with Crippen LogP contribution in [-0.4, -0.2) is 59.1 Å². The number of rotatable bonds is 12. The summed E-state index contributed by atoms with van der Waals surface area (Å²) in [6.07, 6.45) is -2.21. The van der Waals surface area contributed by atoms with Crippen molar-refractivity contribution in [3.8, 4) is 0 Å². The van der Waals surface area contributed by atoms with E-state index < -0.39 is 61.9 Å². The number of nitrogens with one attached hydrogen (secondary N) is 1. The standard InChI is InChI=1S/C31H36N3O9P/c1-20(2)42-44(38,43-21(3)4)19-17-24-26(41-30(36)23-14-10-7-11-15-23)27(39-5)29(40-24)34-18-16-25(33-31(34)37)32-28(35)22-12-8-6-9-13-22/h6-21,24,26-27,29H,1-5H3,(H,32,33,35,37)/b19-17+/t24-,26-,27-,29-/m1/s1.